The molecule has 1 N–H and O–H groups in total. The Bertz CT molecular complexity index is 1060. The molecule has 3 aromatic carbocycles. The highest BCUT2D eigenvalue weighted by molar-refractivity contribution is 9.10. The fourth-order valence-corrected chi connectivity index (χ4v) is 4.08. The molecule has 33 heavy (non-hydrogen) atoms. The lowest BCUT2D eigenvalue weighted by molar-refractivity contribution is -0.140. The lowest BCUT2D eigenvalue weighted by Crippen LogP contribution is -2.51. The van der Waals surface area contributed by atoms with Gasteiger partial charge in [0.2, 0.25) is 11.8 Å². The number of benzene rings is 3. The van der Waals surface area contributed by atoms with Crippen LogP contribution in [0.1, 0.15) is 30.0 Å². The van der Waals surface area contributed by atoms with E-state index in [4.69, 9.17) is 0 Å². The van der Waals surface area contributed by atoms with Crippen molar-refractivity contribution in [1.82, 2.24) is 10.2 Å². The van der Waals surface area contributed by atoms with Crippen molar-refractivity contribution in [2.75, 3.05) is 6.54 Å². The van der Waals surface area contributed by atoms with Gasteiger partial charge in [-0.2, -0.15) is 0 Å². The molecule has 0 fully saturated rings. The quantitative estimate of drug-likeness (QED) is 0.402. The van der Waals surface area contributed by atoms with Gasteiger partial charge in [-0.1, -0.05) is 77.5 Å². The molecule has 4 nitrogen and oxygen atoms in total. The molecule has 1 atom stereocenters. The van der Waals surface area contributed by atoms with Crippen LogP contribution in [-0.4, -0.2) is 29.3 Å². The highest BCUT2D eigenvalue weighted by Crippen LogP contribution is 2.19. The van der Waals surface area contributed by atoms with Crippen LogP contribution < -0.4 is 5.32 Å². The number of hydrogen-bond donors (Lipinski definition) is 1. The normalized spacial score (nSPS) is 11.6. The minimum atomic E-state index is -0.675. The second-order valence-electron chi connectivity index (χ2n) is 7.95. The summed E-state index contributed by atoms with van der Waals surface area (Å²) in [5.74, 6) is -0.713. The van der Waals surface area contributed by atoms with Crippen molar-refractivity contribution >= 4 is 27.7 Å². The summed E-state index contributed by atoms with van der Waals surface area (Å²) in [4.78, 5) is 28.4. The van der Waals surface area contributed by atoms with Crippen molar-refractivity contribution in [3.05, 3.63) is 106 Å². The fraction of sp³-hybridized carbons (Fsp3) is 0.259. The largest absolute Gasteiger partial charge is 0.354 e. The van der Waals surface area contributed by atoms with Crippen molar-refractivity contribution in [2.45, 2.75) is 38.8 Å². The van der Waals surface area contributed by atoms with Gasteiger partial charge in [-0.25, -0.2) is 4.39 Å². The smallest absolute Gasteiger partial charge is 0.243 e. The zero-order chi connectivity index (χ0) is 23.6. The predicted molar refractivity (Wildman–Crippen MR) is 132 cm³/mol. The number of hydrogen-bond acceptors (Lipinski definition) is 2. The molecule has 0 bridgehead atoms. The van der Waals surface area contributed by atoms with Crippen molar-refractivity contribution < 1.29 is 14.0 Å². The summed E-state index contributed by atoms with van der Waals surface area (Å²) in [6.45, 7) is 2.82. The van der Waals surface area contributed by atoms with Crippen LogP contribution in [0.2, 0.25) is 0 Å². The van der Waals surface area contributed by atoms with Crippen molar-refractivity contribution in [1.29, 1.82) is 0 Å². The molecule has 0 aliphatic heterocycles. The third kappa shape index (κ3) is 7.53. The molecule has 2 amide bonds. The number of carbonyl (C=O) groups excluding carboxylic acids is 2. The van der Waals surface area contributed by atoms with E-state index in [0.29, 0.717) is 18.5 Å². The molecule has 3 aromatic rings. The molecule has 0 aromatic heterocycles. The second-order valence-corrected chi connectivity index (χ2v) is 8.87. The fourth-order valence-electron chi connectivity index (χ4n) is 3.63. The first-order valence-electron chi connectivity index (χ1n) is 11.1. The number of carbonyl (C=O) groups is 2. The first-order valence-corrected chi connectivity index (χ1v) is 11.9. The monoisotopic (exact) mass is 510 g/mol. The van der Waals surface area contributed by atoms with Crippen LogP contribution in [0.5, 0.6) is 0 Å². The van der Waals surface area contributed by atoms with Gasteiger partial charge in [0.1, 0.15) is 11.9 Å². The van der Waals surface area contributed by atoms with Crippen molar-refractivity contribution in [2.24, 2.45) is 0 Å². The molecule has 0 aliphatic rings. The van der Waals surface area contributed by atoms with Gasteiger partial charge in [-0.15, -0.1) is 0 Å². The van der Waals surface area contributed by atoms with Crippen LogP contribution in [-0.2, 0) is 29.0 Å². The number of amides is 2. The predicted octanol–water partition coefficient (Wildman–Crippen LogP) is 5.30. The maximum absolute atomic E-state index is 13.5. The highest BCUT2D eigenvalue weighted by atomic mass is 79.9. The van der Waals surface area contributed by atoms with E-state index >= 15 is 0 Å². The summed E-state index contributed by atoms with van der Waals surface area (Å²) in [7, 11) is 0. The standard InChI is InChI=1S/C27H28BrFN2O2/c1-2-15-30-27(33)25(17-20-7-4-3-5-8-20)31(19-22-9-6-10-23(28)16-22)26(32)18-21-11-13-24(29)14-12-21/h3-14,16,25H,2,15,17-19H2,1H3,(H,30,33)/t25-/m0/s1. The molecular formula is C27H28BrFN2O2. The summed E-state index contributed by atoms with van der Waals surface area (Å²) in [5, 5.41) is 2.96. The summed E-state index contributed by atoms with van der Waals surface area (Å²) in [6.07, 6.45) is 1.29. The van der Waals surface area contributed by atoms with Crippen LogP contribution >= 0.6 is 15.9 Å². The molecule has 0 saturated heterocycles. The molecule has 0 radical (unpaired) electrons. The Hall–Kier alpha value is -2.99. The molecule has 3 rings (SSSR count). The first-order chi connectivity index (χ1) is 16.0. The molecule has 0 heterocycles. The lowest BCUT2D eigenvalue weighted by atomic mass is 10.0. The maximum Gasteiger partial charge on any atom is 0.243 e. The Kier molecular flexibility index (Phi) is 9.19. The van der Waals surface area contributed by atoms with Crippen LogP contribution in [0, 0.1) is 5.82 Å². The van der Waals surface area contributed by atoms with Crippen molar-refractivity contribution in [3.63, 3.8) is 0 Å². The Labute approximate surface area is 202 Å². The SMILES string of the molecule is CCCNC(=O)[C@H](Cc1ccccc1)N(Cc1cccc(Br)c1)C(=O)Cc1ccc(F)cc1. The second kappa shape index (κ2) is 12.3. The van der Waals surface area contributed by atoms with Gasteiger partial charge in [-0.05, 0) is 47.4 Å². The van der Waals surface area contributed by atoms with E-state index in [0.717, 1.165) is 22.0 Å². The van der Waals surface area contributed by atoms with E-state index < -0.39 is 6.04 Å². The summed E-state index contributed by atoms with van der Waals surface area (Å²) >= 11 is 3.49. The van der Waals surface area contributed by atoms with Gasteiger partial charge in [0.05, 0.1) is 6.42 Å². The van der Waals surface area contributed by atoms with E-state index in [9.17, 15) is 14.0 Å². The highest BCUT2D eigenvalue weighted by Gasteiger charge is 2.30. The van der Waals surface area contributed by atoms with Crippen LogP contribution in [0.25, 0.3) is 0 Å². The topological polar surface area (TPSA) is 49.4 Å². The molecule has 0 spiro atoms. The van der Waals surface area contributed by atoms with Gasteiger partial charge < -0.3 is 10.2 Å². The van der Waals surface area contributed by atoms with E-state index in [1.807, 2.05) is 61.5 Å². The molecule has 6 heteroatoms. The average molecular weight is 511 g/mol. The number of halogens is 2. The average Bonchev–Trinajstić information content (AvgIpc) is 2.82. The van der Waals surface area contributed by atoms with Gasteiger partial charge in [0, 0.05) is 24.0 Å². The maximum atomic E-state index is 13.5. The molecule has 0 unspecified atom stereocenters. The van der Waals surface area contributed by atoms with E-state index in [1.54, 1.807) is 17.0 Å². The summed E-state index contributed by atoms with van der Waals surface area (Å²) < 4.78 is 14.3. The van der Waals surface area contributed by atoms with Crippen LogP contribution in [0.15, 0.2) is 83.3 Å². The minimum absolute atomic E-state index is 0.0840. The van der Waals surface area contributed by atoms with Crippen molar-refractivity contribution in [3.8, 4) is 0 Å². The van der Waals surface area contributed by atoms with Gasteiger partial charge >= 0.3 is 0 Å². The summed E-state index contributed by atoms with van der Waals surface area (Å²) in [6, 6.07) is 22.6. The third-order valence-corrected chi connectivity index (χ3v) is 5.82. The van der Waals surface area contributed by atoms with E-state index in [2.05, 4.69) is 21.2 Å². The van der Waals surface area contributed by atoms with Gasteiger partial charge in [-0.3, -0.25) is 9.59 Å². The van der Waals surface area contributed by atoms with Gasteiger partial charge in [0.15, 0.2) is 0 Å². The Morgan fingerprint density at radius 3 is 2.30 bits per heavy atom. The lowest BCUT2D eigenvalue weighted by Gasteiger charge is -2.31. The van der Waals surface area contributed by atoms with Gasteiger partial charge in [0.25, 0.3) is 0 Å². The molecular weight excluding hydrogens is 483 g/mol. The molecule has 0 saturated carbocycles. The summed E-state index contributed by atoms with van der Waals surface area (Å²) in [5.41, 5.74) is 2.59. The molecule has 0 aliphatic carbocycles. The Balaban J connectivity index is 1.94. The molecule has 172 valence electrons. The van der Waals surface area contributed by atoms with E-state index in [-0.39, 0.29) is 30.6 Å². The minimum Gasteiger partial charge on any atom is -0.354 e. The van der Waals surface area contributed by atoms with Crippen LogP contribution in [0.3, 0.4) is 0 Å². The first kappa shape index (κ1) is 24.6. The zero-order valence-electron chi connectivity index (χ0n) is 18.6. The Morgan fingerprint density at radius 1 is 0.939 bits per heavy atom. The Morgan fingerprint density at radius 2 is 1.64 bits per heavy atom. The number of nitrogens with zero attached hydrogens (tertiary/aromatic N) is 1. The number of nitrogens with one attached hydrogen (secondary N) is 1. The third-order valence-electron chi connectivity index (χ3n) is 5.33. The zero-order valence-corrected chi connectivity index (χ0v) is 20.2. The number of rotatable bonds is 10. The van der Waals surface area contributed by atoms with E-state index in [1.165, 1.54) is 12.1 Å². The van der Waals surface area contributed by atoms with Crippen LogP contribution in [0.4, 0.5) is 4.39 Å².